The van der Waals surface area contributed by atoms with Gasteiger partial charge < -0.3 is 20.5 Å². The zero-order chi connectivity index (χ0) is 10.6. The summed E-state index contributed by atoms with van der Waals surface area (Å²) in [5.74, 6) is 0.601. The van der Waals surface area contributed by atoms with Crippen molar-refractivity contribution in [2.24, 2.45) is 0 Å². The molecule has 1 aromatic carbocycles. The van der Waals surface area contributed by atoms with Gasteiger partial charge in [-0.3, -0.25) is 0 Å². The molecule has 0 bridgehead atoms. The predicted molar refractivity (Wildman–Crippen MR) is 56.5 cm³/mol. The van der Waals surface area contributed by atoms with E-state index in [2.05, 4.69) is 0 Å². The molecule has 76 valence electrons. The summed E-state index contributed by atoms with van der Waals surface area (Å²) in [6, 6.07) is 4.84. The lowest BCUT2D eigenvalue weighted by molar-refractivity contribution is 0.317. The molecule has 0 aliphatic carbocycles. The molecule has 0 aromatic heterocycles. The smallest absolute Gasteiger partial charge is 0.490 e. The molecule has 4 nitrogen and oxygen atoms in total. The van der Waals surface area contributed by atoms with E-state index in [4.69, 9.17) is 20.5 Å². The second-order valence-corrected chi connectivity index (χ2v) is 3.01. The van der Waals surface area contributed by atoms with Gasteiger partial charge >= 0.3 is 7.12 Å². The molecule has 0 spiro atoms. The summed E-state index contributed by atoms with van der Waals surface area (Å²) >= 11 is 0. The van der Waals surface area contributed by atoms with Gasteiger partial charge in [0.15, 0.2) is 0 Å². The van der Waals surface area contributed by atoms with Crippen LogP contribution in [-0.2, 0) is 0 Å². The maximum atomic E-state index is 8.97. The number of nitrogen functional groups attached to an aromatic ring is 1. The molecule has 14 heavy (non-hydrogen) atoms. The van der Waals surface area contributed by atoms with E-state index in [-0.39, 0.29) is 5.46 Å². The minimum atomic E-state index is -1.56. The van der Waals surface area contributed by atoms with E-state index >= 15 is 0 Å². The highest BCUT2D eigenvalue weighted by atomic mass is 16.5. The van der Waals surface area contributed by atoms with E-state index in [0.717, 1.165) is 6.42 Å². The molecule has 0 amide bonds. The van der Waals surface area contributed by atoms with Crippen LogP contribution in [0.5, 0.6) is 5.75 Å². The van der Waals surface area contributed by atoms with Crippen LogP contribution in [-0.4, -0.2) is 23.8 Å². The van der Waals surface area contributed by atoms with Gasteiger partial charge in [0.05, 0.1) is 6.61 Å². The summed E-state index contributed by atoms with van der Waals surface area (Å²) in [4.78, 5) is 0. The number of benzene rings is 1. The molecule has 0 radical (unpaired) electrons. The Morgan fingerprint density at radius 2 is 2.14 bits per heavy atom. The van der Waals surface area contributed by atoms with Gasteiger partial charge in [-0.05, 0) is 24.6 Å². The Bertz CT molecular complexity index is 304. The molecule has 0 fully saturated rings. The van der Waals surface area contributed by atoms with Gasteiger partial charge in [-0.15, -0.1) is 0 Å². The number of hydrogen-bond donors (Lipinski definition) is 3. The zero-order valence-corrected chi connectivity index (χ0v) is 8.10. The molecule has 0 saturated carbocycles. The standard InChI is InChI=1S/C9H14BNO3/c1-2-5-14-7-3-4-9(11)8(6-7)10(12)13/h3-4,6,12-13H,2,5,11H2,1H3. The molecule has 0 saturated heterocycles. The van der Waals surface area contributed by atoms with Crippen LogP contribution >= 0.6 is 0 Å². The third-order valence-corrected chi connectivity index (χ3v) is 1.81. The quantitative estimate of drug-likeness (QED) is 0.456. The average molecular weight is 195 g/mol. The summed E-state index contributed by atoms with van der Waals surface area (Å²) in [7, 11) is -1.56. The van der Waals surface area contributed by atoms with Crippen LogP contribution in [0.25, 0.3) is 0 Å². The number of nitrogens with two attached hydrogens (primary N) is 1. The molecule has 0 aliphatic heterocycles. The molecule has 0 heterocycles. The number of anilines is 1. The van der Waals surface area contributed by atoms with Gasteiger partial charge in [0.2, 0.25) is 0 Å². The fraction of sp³-hybridized carbons (Fsp3) is 0.333. The summed E-state index contributed by atoms with van der Waals surface area (Å²) in [6.45, 7) is 2.60. The second-order valence-electron chi connectivity index (χ2n) is 3.01. The molecular formula is C9H14BNO3. The molecule has 1 aromatic rings. The highest BCUT2D eigenvalue weighted by molar-refractivity contribution is 6.60. The van der Waals surface area contributed by atoms with Crippen LogP contribution in [0.4, 0.5) is 5.69 Å². The maximum Gasteiger partial charge on any atom is 0.490 e. The van der Waals surface area contributed by atoms with Crippen LogP contribution in [0.1, 0.15) is 13.3 Å². The molecule has 1 rings (SSSR count). The largest absolute Gasteiger partial charge is 0.494 e. The molecule has 5 heteroatoms. The number of ether oxygens (including phenoxy) is 1. The SMILES string of the molecule is CCCOc1ccc(N)c(B(O)O)c1. The van der Waals surface area contributed by atoms with Gasteiger partial charge in [-0.1, -0.05) is 6.92 Å². The first-order valence-corrected chi connectivity index (χ1v) is 4.53. The van der Waals surface area contributed by atoms with Crippen molar-refractivity contribution in [2.75, 3.05) is 12.3 Å². The minimum Gasteiger partial charge on any atom is -0.494 e. The highest BCUT2D eigenvalue weighted by Gasteiger charge is 2.15. The predicted octanol–water partition coefficient (Wildman–Crippen LogP) is -0.263. The monoisotopic (exact) mass is 195 g/mol. The van der Waals surface area contributed by atoms with E-state index in [1.54, 1.807) is 12.1 Å². The topological polar surface area (TPSA) is 75.7 Å². The lowest BCUT2D eigenvalue weighted by atomic mass is 9.79. The van der Waals surface area contributed by atoms with Gasteiger partial charge in [0.25, 0.3) is 0 Å². The Morgan fingerprint density at radius 1 is 1.43 bits per heavy atom. The third-order valence-electron chi connectivity index (χ3n) is 1.81. The Morgan fingerprint density at radius 3 is 2.71 bits per heavy atom. The number of rotatable bonds is 4. The summed E-state index contributed by atoms with van der Waals surface area (Å²) < 4.78 is 5.32. The molecule has 0 atom stereocenters. The zero-order valence-electron chi connectivity index (χ0n) is 8.10. The highest BCUT2D eigenvalue weighted by Crippen LogP contribution is 2.12. The van der Waals surface area contributed by atoms with Gasteiger partial charge in [0.1, 0.15) is 5.75 Å². The van der Waals surface area contributed by atoms with E-state index in [0.29, 0.717) is 18.0 Å². The molecular weight excluding hydrogens is 181 g/mol. The normalized spacial score (nSPS) is 9.93. The fourth-order valence-corrected chi connectivity index (χ4v) is 1.09. The van der Waals surface area contributed by atoms with E-state index < -0.39 is 7.12 Å². The molecule has 4 N–H and O–H groups in total. The van der Waals surface area contributed by atoms with E-state index in [1.807, 2.05) is 6.92 Å². The Kier molecular flexibility index (Phi) is 3.79. The first kappa shape index (κ1) is 10.9. The van der Waals surface area contributed by atoms with E-state index in [9.17, 15) is 0 Å². The van der Waals surface area contributed by atoms with Crippen molar-refractivity contribution in [3.63, 3.8) is 0 Å². The van der Waals surface area contributed by atoms with Crippen LogP contribution in [0.2, 0.25) is 0 Å². The van der Waals surface area contributed by atoms with Crippen molar-refractivity contribution in [1.82, 2.24) is 0 Å². The summed E-state index contributed by atoms with van der Waals surface area (Å²) in [6.07, 6.45) is 0.904. The average Bonchev–Trinajstić information content (AvgIpc) is 2.16. The van der Waals surface area contributed by atoms with Crippen LogP contribution in [0.15, 0.2) is 18.2 Å². The second kappa shape index (κ2) is 4.88. The first-order valence-electron chi connectivity index (χ1n) is 4.53. The van der Waals surface area contributed by atoms with Gasteiger partial charge in [-0.25, -0.2) is 0 Å². The summed E-state index contributed by atoms with van der Waals surface area (Å²) in [5.41, 5.74) is 6.17. The summed E-state index contributed by atoms with van der Waals surface area (Å²) in [5, 5.41) is 17.9. The van der Waals surface area contributed by atoms with Crippen LogP contribution in [0.3, 0.4) is 0 Å². The fourth-order valence-electron chi connectivity index (χ4n) is 1.09. The van der Waals surface area contributed by atoms with Crippen LogP contribution in [0, 0.1) is 0 Å². The van der Waals surface area contributed by atoms with Crippen molar-refractivity contribution in [3.8, 4) is 5.75 Å². The minimum absolute atomic E-state index is 0.276. The van der Waals surface area contributed by atoms with Gasteiger partial charge in [-0.2, -0.15) is 0 Å². The van der Waals surface area contributed by atoms with Crippen molar-refractivity contribution >= 4 is 18.3 Å². The maximum absolute atomic E-state index is 8.97. The van der Waals surface area contributed by atoms with Crippen molar-refractivity contribution in [1.29, 1.82) is 0 Å². The van der Waals surface area contributed by atoms with Crippen LogP contribution < -0.4 is 15.9 Å². The first-order chi connectivity index (χ1) is 6.65. The van der Waals surface area contributed by atoms with Crippen molar-refractivity contribution in [3.05, 3.63) is 18.2 Å². The Hall–Kier alpha value is -1.20. The molecule has 0 aliphatic rings. The van der Waals surface area contributed by atoms with Crippen molar-refractivity contribution < 1.29 is 14.8 Å². The lowest BCUT2D eigenvalue weighted by Crippen LogP contribution is -2.32. The Labute approximate surface area is 83.5 Å². The van der Waals surface area contributed by atoms with Crippen molar-refractivity contribution in [2.45, 2.75) is 13.3 Å². The Balaban J connectivity index is 2.83. The molecule has 0 unspecified atom stereocenters. The third kappa shape index (κ3) is 2.65. The number of hydrogen-bond acceptors (Lipinski definition) is 4. The van der Waals surface area contributed by atoms with Gasteiger partial charge in [0, 0.05) is 11.2 Å². The lowest BCUT2D eigenvalue weighted by Gasteiger charge is -2.08. The van der Waals surface area contributed by atoms with E-state index in [1.165, 1.54) is 6.07 Å².